The van der Waals surface area contributed by atoms with Crippen molar-refractivity contribution in [3.63, 3.8) is 0 Å². The number of rotatable bonds is 5. The van der Waals surface area contributed by atoms with E-state index in [0.717, 1.165) is 26.5 Å². The highest BCUT2D eigenvalue weighted by atomic mass is 79.9. The number of nitrogens with one attached hydrogen (secondary N) is 1. The predicted molar refractivity (Wildman–Crippen MR) is 85.5 cm³/mol. The molecule has 1 aromatic carbocycles. The predicted octanol–water partition coefficient (Wildman–Crippen LogP) is 4.68. The first-order valence-corrected chi connectivity index (χ1v) is 7.87. The first-order valence-electron chi connectivity index (χ1n) is 5.89. The van der Waals surface area contributed by atoms with E-state index in [2.05, 4.69) is 33.4 Å². The zero-order valence-electron chi connectivity index (χ0n) is 10.7. The Morgan fingerprint density at radius 1 is 1.37 bits per heavy atom. The van der Waals surface area contributed by atoms with Crippen LogP contribution in [-0.4, -0.2) is 14.2 Å². The van der Waals surface area contributed by atoms with Crippen LogP contribution in [0.15, 0.2) is 34.1 Å². The molecule has 2 nitrogen and oxygen atoms in total. The molecule has 0 aliphatic carbocycles. The molecule has 1 unspecified atom stereocenters. The van der Waals surface area contributed by atoms with Gasteiger partial charge in [0.25, 0.3) is 0 Å². The van der Waals surface area contributed by atoms with Crippen molar-refractivity contribution in [2.24, 2.45) is 0 Å². The molecule has 5 heteroatoms. The standard InChI is InChI=1S/C14H15BrClNOS/c1-17-12(8-10-4-6-14(15)19-10)11-7-9(16)3-5-13(11)18-2/h3-7,12,17H,8H2,1-2H3. The molecule has 0 bridgehead atoms. The molecule has 1 atom stereocenters. The highest BCUT2D eigenvalue weighted by Crippen LogP contribution is 2.32. The van der Waals surface area contributed by atoms with E-state index in [-0.39, 0.29) is 6.04 Å². The van der Waals surface area contributed by atoms with E-state index >= 15 is 0 Å². The van der Waals surface area contributed by atoms with Gasteiger partial charge in [-0.1, -0.05) is 11.6 Å². The molecular formula is C14H15BrClNOS. The Bertz CT molecular complexity index is 558. The van der Waals surface area contributed by atoms with Crippen LogP contribution in [0.25, 0.3) is 0 Å². The van der Waals surface area contributed by atoms with Gasteiger partial charge in [-0.3, -0.25) is 0 Å². The molecule has 0 aliphatic heterocycles. The van der Waals surface area contributed by atoms with Crippen molar-refractivity contribution in [1.82, 2.24) is 5.32 Å². The van der Waals surface area contributed by atoms with Crippen molar-refractivity contribution in [2.75, 3.05) is 14.2 Å². The number of likely N-dealkylation sites (N-methyl/N-ethyl adjacent to an activating group) is 1. The lowest BCUT2D eigenvalue weighted by atomic mass is 10.0. The van der Waals surface area contributed by atoms with Crippen molar-refractivity contribution in [1.29, 1.82) is 0 Å². The summed E-state index contributed by atoms with van der Waals surface area (Å²) in [5.74, 6) is 0.861. The lowest BCUT2D eigenvalue weighted by Crippen LogP contribution is -2.19. The van der Waals surface area contributed by atoms with Gasteiger partial charge >= 0.3 is 0 Å². The fourth-order valence-corrected chi connectivity index (χ4v) is 3.72. The fraction of sp³-hybridized carbons (Fsp3) is 0.286. The molecule has 0 radical (unpaired) electrons. The average molecular weight is 361 g/mol. The van der Waals surface area contributed by atoms with Gasteiger partial charge < -0.3 is 10.1 Å². The van der Waals surface area contributed by atoms with Gasteiger partial charge in [0.05, 0.1) is 10.9 Å². The van der Waals surface area contributed by atoms with Gasteiger partial charge in [0.15, 0.2) is 0 Å². The van der Waals surface area contributed by atoms with E-state index in [1.165, 1.54) is 4.88 Å². The molecule has 0 fully saturated rings. The lowest BCUT2D eigenvalue weighted by Gasteiger charge is -2.19. The number of methoxy groups -OCH3 is 1. The third-order valence-corrected chi connectivity index (χ3v) is 4.83. The van der Waals surface area contributed by atoms with Crippen molar-refractivity contribution in [3.8, 4) is 5.75 Å². The summed E-state index contributed by atoms with van der Waals surface area (Å²) >= 11 is 11.3. The molecule has 1 aromatic heterocycles. The highest BCUT2D eigenvalue weighted by molar-refractivity contribution is 9.11. The maximum Gasteiger partial charge on any atom is 0.123 e. The second-order valence-electron chi connectivity index (χ2n) is 4.14. The number of hydrogen-bond acceptors (Lipinski definition) is 3. The highest BCUT2D eigenvalue weighted by Gasteiger charge is 2.16. The third kappa shape index (κ3) is 3.72. The zero-order valence-corrected chi connectivity index (χ0v) is 13.9. The molecular weight excluding hydrogens is 346 g/mol. The third-order valence-electron chi connectivity index (χ3n) is 2.95. The summed E-state index contributed by atoms with van der Waals surface area (Å²) in [6.45, 7) is 0. The van der Waals surface area contributed by atoms with Crippen LogP contribution in [0.4, 0.5) is 0 Å². The molecule has 0 aliphatic rings. The fourth-order valence-electron chi connectivity index (χ4n) is 2.01. The molecule has 2 rings (SSSR count). The first kappa shape index (κ1) is 14.9. The van der Waals surface area contributed by atoms with Crippen molar-refractivity contribution < 1.29 is 4.74 Å². The van der Waals surface area contributed by atoms with Crippen molar-refractivity contribution in [2.45, 2.75) is 12.5 Å². The number of benzene rings is 1. The largest absolute Gasteiger partial charge is 0.496 e. The summed E-state index contributed by atoms with van der Waals surface area (Å²) in [5, 5.41) is 4.06. The summed E-state index contributed by atoms with van der Waals surface area (Å²) in [7, 11) is 3.63. The SMILES string of the molecule is CNC(Cc1ccc(Br)s1)c1cc(Cl)ccc1OC. The van der Waals surface area contributed by atoms with E-state index in [9.17, 15) is 0 Å². The van der Waals surface area contributed by atoms with E-state index in [4.69, 9.17) is 16.3 Å². The number of hydrogen-bond donors (Lipinski definition) is 1. The van der Waals surface area contributed by atoms with Crippen LogP contribution >= 0.6 is 38.9 Å². The Balaban J connectivity index is 2.28. The minimum absolute atomic E-state index is 0.180. The number of thiophene rings is 1. The van der Waals surface area contributed by atoms with Crippen LogP contribution in [0.1, 0.15) is 16.5 Å². The maximum atomic E-state index is 6.09. The van der Waals surface area contributed by atoms with E-state index in [1.807, 2.05) is 25.2 Å². The Morgan fingerprint density at radius 3 is 2.74 bits per heavy atom. The molecule has 1 N–H and O–H groups in total. The van der Waals surface area contributed by atoms with Crippen molar-refractivity contribution >= 4 is 38.9 Å². The van der Waals surface area contributed by atoms with Crippen LogP contribution in [-0.2, 0) is 6.42 Å². The Kier molecular flexibility index (Phi) is 5.28. The summed E-state index contributed by atoms with van der Waals surface area (Å²) in [6, 6.07) is 10.1. The normalized spacial score (nSPS) is 12.4. The Hall–Kier alpha value is -0.550. The Labute approximate surface area is 130 Å². The second-order valence-corrected chi connectivity index (χ2v) is 7.12. The van der Waals surface area contributed by atoms with Gasteiger partial charge in [0, 0.05) is 27.9 Å². The van der Waals surface area contributed by atoms with Gasteiger partial charge in [-0.15, -0.1) is 11.3 Å². The number of halogens is 2. The second kappa shape index (κ2) is 6.75. The molecule has 1 heterocycles. The molecule has 0 amide bonds. The lowest BCUT2D eigenvalue weighted by molar-refractivity contribution is 0.401. The summed E-state index contributed by atoms with van der Waals surface area (Å²) in [4.78, 5) is 1.31. The minimum atomic E-state index is 0.180. The minimum Gasteiger partial charge on any atom is -0.496 e. The zero-order chi connectivity index (χ0) is 13.8. The monoisotopic (exact) mass is 359 g/mol. The molecule has 19 heavy (non-hydrogen) atoms. The Morgan fingerprint density at radius 2 is 2.16 bits per heavy atom. The molecule has 2 aromatic rings. The summed E-state index contributed by atoms with van der Waals surface area (Å²) in [5.41, 5.74) is 1.09. The van der Waals surface area contributed by atoms with E-state index < -0.39 is 0 Å². The van der Waals surface area contributed by atoms with Crippen LogP contribution < -0.4 is 10.1 Å². The smallest absolute Gasteiger partial charge is 0.123 e. The summed E-state index contributed by atoms with van der Waals surface area (Å²) < 4.78 is 6.57. The van der Waals surface area contributed by atoms with E-state index in [1.54, 1.807) is 18.4 Å². The van der Waals surface area contributed by atoms with Crippen molar-refractivity contribution in [3.05, 3.63) is 49.6 Å². The number of ether oxygens (including phenoxy) is 1. The quantitative estimate of drug-likeness (QED) is 0.836. The molecule has 0 spiro atoms. The van der Waals surface area contributed by atoms with Gasteiger partial charge in [0.1, 0.15) is 5.75 Å². The molecule has 0 saturated carbocycles. The van der Waals surface area contributed by atoms with Gasteiger partial charge in [-0.2, -0.15) is 0 Å². The maximum absolute atomic E-state index is 6.09. The topological polar surface area (TPSA) is 21.3 Å². The van der Waals surface area contributed by atoms with Crippen LogP contribution in [0.5, 0.6) is 5.75 Å². The summed E-state index contributed by atoms with van der Waals surface area (Å²) in [6.07, 6.45) is 0.906. The van der Waals surface area contributed by atoms with Gasteiger partial charge in [-0.25, -0.2) is 0 Å². The van der Waals surface area contributed by atoms with Gasteiger partial charge in [-0.05, 0) is 53.3 Å². The van der Waals surface area contributed by atoms with Crippen LogP contribution in [0, 0.1) is 0 Å². The molecule has 102 valence electrons. The van der Waals surface area contributed by atoms with Crippen LogP contribution in [0.2, 0.25) is 5.02 Å². The average Bonchev–Trinajstić information content (AvgIpc) is 2.81. The van der Waals surface area contributed by atoms with Gasteiger partial charge in [0.2, 0.25) is 0 Å². The molecule has 0 saturated heterocycles. The van der Waals surface area contributed by atoms with Crippen LogP contribution in [0.3, 0.4) is 0 Å². The first-order chi connectivity index (χ1) is 9.13. The van der Waals surface area contributed by atoms with E-state index in [0.29, 0.717) is 0 Å².